The maximum Gasteiger partial charge on any atom is 0.281 e. The Kier molecular flexibility index (Phi) is 7.42. The van der Waals surface area contributed by atoms with Gasteiger partial charge in [-0.05, 0) is 43.5 Å². The van der Waals surface area contributed by atoms with Gasteiger partial charge in [-0.2, -0.15) is 0 Å². The van der Waals surface area contributed by atoms with E-state index in [9.17, 15) is 18.4 Å². The number of hydrogen-bond donors (Lipinski definition) is 3. The summed E-state index contributed by atoms with van der Waals surface area (Å²) < 4.78 is 30.5. The summed E-state index contributed by atoms with van der Waals surface area (Å²) in [6.45, 7) is 4.09. The lowest BCUT2D eigenvalue weighted by Gasteiger charge is -2.35. The molecule has 0 spiro atoms. The van der Waals surface area contributed by atoms with Crippen LogP contribution < -0.4 is 20.9 Å². The van der Waals surface area contributed by atoms with E-state index in [1.165, 1.54) is 4.57 Å². The van der Waals surface area contributed by atoms with E-state index in [1.807, 2.05) is 19.9 Å². The first kappa shape index (κ1) is 26.2. The molecule has 2 heterocycles. The number of fused-ring (bicyclic) bond motifs is 1. The van der Waals surface area contributed by atoms with Crippen LogP contribution in [0.3, 0.4) is 0 Å². The first-order chi connectivity index (χ1) is 17.0. The van der Waals surface area contributed by atoms with Crippen LogP contribution in [0.1, 0.15) is 47.4 Å². The first-order valence-corrected chi connectivity index (χ1v) is 13.0. The van der Waals surface area contributed by atoms with E-state index >= 15 is 0 Å². The van der Waals surface area contributed by atoms with E-state index in [4.69, 9.17) is 16.6 Å². The smallest absolute Gasteiger partial charge is 0.281 e. The molecule has 1 fully saturated rings. The minimum Gasteiger partial charge on any atom is -0.377 e. The van der Waals surface area contributed by atoms with Crippen molar-refractivity contribution in [3.8, 4) is 0 Å². The highest BCUT2D eigenvalue weighted by Gasteiger charge is 2.44. The van der Waals surface area contributed by atoms with Crippen LogP contribution in [0.25, 0.3) is 10.9 Å². The highest BCUT2D eigenvalue weighted by Crippen LogP contribution is 2.42. The molecule has 192 valence electrons. The molecule has 1 aromatic carbocycles. The largest absolute Gasteiger partial charge is 0.377 e. The van der Waals surface area contributed by atoms with Crippen LogP contribution in [0, 0.1) is 12.8 Å². The first-order valence-electron chi connectivity index (χ1n) is 11.4. The number of carbonyl (C=O) groups is 1. The number of benzene rings is 1. The van der Waals surface area contributed by atoms with Crippen molar-refractivity contribution >= 4 is 52.0 Å². The molecule has 0 radical (unpaired) electrons. The lowest BCUT2D eigenvalue weighted by molar-refractivity contribution is -0.106. The van der Waals surface area contributed by atoms with Gasteiger partial charge in [0.25, 0.3) is 11.5 Å². The van der Waals surface area contributed by atoms with Gasteiger partial charge in [-0.1, -0.05) is 29.6 Å². The van der Waals surface area contributed by atoms with Gasteiger partial charge >= 0.3 is 0 Å². The summed E-state index contributed by atoms with van der Waals surface area (Å²) in [4.78, 5) is 34.6. The number of nitrogens with zero attached hydrogens (tertiary/aromatic N) is 3. The fourth-order valence-corrected chi connectivity index (χ4v) is 4.81. The molecule has 0 unspecified atom stereocenters. The Morgan fingerprint density at radius 3 is 2.69 bits per heavy atom. The number of carbonyl (C=O) groups excluding carboxylic acids is 1. The number of pyridine rings is 1. The number of aryl methyl sites for hydroxylation is 1. The van der Waals surface area contributed by atoms with Crippen LogP contribution >= 0.6 is 23.5 Å². The average Bonchev–Trinajstić information content (AvgIpc) is 2.80. The van der Waals surface area contributed by atoms with E-state index in [1.54, 1.807) is 31.5 Å². The van der Waals surface area contributed by atoms with Crippen molar-refractivity contribution in [2.24, 2.45) is 13.0 Å². The molecule has 1 saturated carbocycles. The van der Waals surface area contributed by atoms with Gasteiger partial charge in [-0.15, -0.1) is 0 Å². The second-order valence-corrected chi connectivity index (χ2v) is 10.1. The fraction of sp³-hybridized carbons (Fsp3) is 0.417. The van der Waals surface area contributed by atoms with Crippen molar-refractivity contribution in [2.75, 3.05) is 23.4 Å². The molecule has 2 aromatic heterocycles. The topological polar surface area (TPSA) is 101 Å². The molecule has 1 amide bonds. The highest BCUT2D eigenvalue weighted by atomic mass is 35.5. The summed E-state index contributed by atoms with van der Waals surface area (Å²) in [5.41, 5.74) is 2.48. The van der Waals surface area contributed by atoms with Gasteiger partial charge in [-0.3, -0.25) is 18.9 Å². The maximum atomic E-state index is 13.2. The minimum absolute atomic E-state index is 0.143. The van der Waals surface area contributed by atoms with Gasteiger partial charge in [0.1, 0.15) is 5.15 Å². The zero-order valence-corrected chi connectivity index (χ0v) is 21.9. The standard InChI is InChI=1S/C24H27ClF2N6O2S/c1-12-7-15(13(2)29-17-5-6-18(25)30-20(17)21(34)32-36-4)19-16(8-12)22(35)33(3)23(31-19)28-11-14-9-24(26,27)10-14/h5-8,13-14,29H,9-11H2,1-4H3,(H,28,31)(H,32,34)/t13-/m1/s1. The summed E-state index contributed by atoms with van der Waals surface area (Å²) in [6.07, 6.45) is 1.38. The maximum absolute atomic E-state index is 13.2. The molecule has 0 saturated heterocycles. The number of anilines is 2. The Hall–Kier alpha value is -2.92. The molecule has 8 nitrogen and oxygen atoms in total. The predicted octanol–water partition coefficient (Wildman–Crippen LogP) is 4.93. The number of alkyl halides is 2. The molecule has 1 aliphatic rings. The van der Waals surface area contributed by atoms with Crippen molar-refractivity contribution in [3.05, 3.63) is 56.6 Å². The van der Waals surface area contributed by atoms with Crippen molar-refractivity contribution in [2.45, 2.75) is 38.7 Å². The average molecular weight is 537 g/mol. The molecule has 1 atom stereocenters. The lowest BCUT2D eigenvalue weighted by atomic mass is 9.81. The molecular formula is C24H27ClF2N6O2S. The van der Waals surface area contributed by atoms with Crippen LogP contribution in [-0.2, 0) is 7.05 Å². The molecule has 0 aliphatic heterocycles. The molecule has 12 heteroatoms. The van der Waals surface area contributed by atoms with Gasteiger partial charge in [-0.25, -0.2) is 18.7 Å². The Morgan fingerprint density at radius 1 is 1.31 bits per heavy atom. The SMILES string of the molecule is CSNC(=O)c1nc(Cl)ccc1N[C@H](C)c1cc(C)cc2c(=O)n(C)c(NCC3CC(F)(F)C3)nc12. The number of nitrogens with one attached hydrogen (secondary N) is 3. The lowest BCUT2D eigenvalue weighted by Crippen LogP contribution is -2.39. The van der Waals surface area contributed by atoms with Gasteiger partial charge in [0.15, 0.2) is 5.69 Å². The monoisotopic (exact) mass is 536 g/mol. The van der Waals surface area contributed by atoms with Crippen LogP contribution in [0.15, 0.2) is 29.1 Å². The molecule has 4 rings (SSSR count). The molecule has 36 heavy (non-hydrogen) atoms. The Bertz CT molecular complexity index is 1370. The summed E-state index contributed by atoms with van der Waals surface area (Å²) in [5.74, 6) is -2.86. The fourth-order valence-electron chi connectivity index (χ4n) is 4.38. The third kappa shape index (κ3) is 5.41. The molecule has 3 aromatic rings. The van der Waals surface area contributed by atoms with Gasteiger partial charge in [0.2, 0.25) is 11.9 Å². The Labute approximate surface area is 216 Å². The van der Waals surface area contributed by atoms with Gasteiger partial charge in [0, 0.05) is 38.3 Å². The van der Waals surface area contributed by atoms with Crippen LogP contribution in [0.5, 0.6) is 0 Å². The van der Waals surface area contributed by atoms with Gasteiger partial charge < -0.3 is 10.6 Å². The quantitative estimate of drug-likeness (QED) is 0.277. The normalized spacial score (nSPS) is 15.9. The Balaban J connectivity index is 1.69. The van der Waals surface area contributed by atoms with Crippen molar-refractivity contribution in [1.82, 2.24) is 19.3 Å². The second-order valence-electron chi connectivity index (χ2n) is 9.09. The molecule has 0 bridgehead atoms. The number of halogens is 3. The van der Waals surface area contributed by atoms with Crippen LogP contribution in [-0.4, -0.2) is 39.2 Å². The number of aromatic nitrogens is 3. The molecule has 3 N–H and O–H groups in total. The van der Waals surface area contributed by atoms with E-state index in [2.05, 4.69) is 20.3 Å². The third-order valence-corrected chi connectivity index (χ3v) is 6.79. The minimum atomic E-state index is -2.61. The Morgan fingerprint density at radius 2 is 2.03 bits per heavy atom. The zero-order valence-electron chi connectivity index (χ0n) is 20.3. The van der Waals surface area contributed by atoms with Crippen LogP contribution in [0.4, 0.5) is 20.4 Å². The summed E-state index contributed by atoms with van der Waals surface area (Å²) in [5, 5.41) is 7.01. The van der Waals surface area contributed by atoms with Crippen molar-refractivity contribution in [1.29, 1.82) is 0 Å². The predicted molar refractivity (Wildman–Crippen MR) is 140 cm³/mol. The van der Waals surface area contributed by atoms with Crippen LogP contribution in [0.2, 0.25) is 5.15 Å². The van der Waals surface area contributed by atoms with E-state index in [0.717, 1.165) is 23.1 Å². The summed E-state index contributed by atoms with van der Waals surface area (Å²) in [6, 6.07) is 6.59. The van der Waals surface area contributed by atoms with E-state index in [0.29, 0.717) is 29.1 Å². The zero-order chi connectivity index (χ0) is 26.2. The van der Waals surface area contributed by atoms with Gasteiger partial charge in [0.05, 0.1) is 22.6 Å². The third-order valence-electron chi connectivity index (χ3n) is 6.19. The van der Waals surface area contributed by atoms with E-state index < -0.39 is 11.8 Å². The summed E-state index contributed by atoms with van der Waals surface area (Å²) in [7, 11) is 1.60. The highest BCUT2D eigenvalue weighted by molar-refractivity contribution is 7.97. The van der Waals surface area contributed by atoms with Crippen molar-refractivity contribution in [3.63, 3.8) is 0 Å². The molecular weight excluding hydrogens is 510 g/mol. The molecule has 1 aliphatic carbocycles. The summed E-state index contributed by atoms with van der Waals surface area (Å²) >= 11 is 7.17. The second kappa shape index (κ2) is 10.2. The number of hydrogen-bond acceptors (Lipinski definition) is 7. The number of amides is 1. The van der Waals surface area contributed by atoms with Crippen molar-refractivity contribution < 1.29 is 13.6 Å². The van der Waals surface area contributed by atoms with E-state index in [-0.39, 0.29) is 41.2 Å². The number of rotatable bonds is 8.